The zero-order valence-electron chi connectivity index (χ0n) is 15.5. The molecule has 0 amide bonds. The number of nitrogens with one attached hydrogen (secondary N) is 1. The summed E-state index contributed by atoms with van der Waals surface area (Å²) < 4.78 is 19.2. The van der Waals surface area contributed by atoms with E-state index in [1.54, 1.807) is 6.07 Å². The molecule has 0 saturated carbocycles. The smallest absolute Gasteiger partial charge is 0.193 e. The van der Waals surface area contributed by atoms with Gasteiger partial charge >= 0.3 is 0 Å². The lowest BCUT2D eigenvalue weighted by molar-refractivity contribution is 0.0195. The van der Waals surface area contributed by atoms with E-state index in [-0.39, 0.29) is 29.8 Å². The molecule has 0 aromatic heterocycles. The number of morpholine rings is 1. The van der Waals surface area contributed by atoms with E-state index in [0.29, 0.717) is 19.0 Å². The Morgan fingerprint density at radius 2 is 2.04 bits per heavy atom. The van der Waals surface area contributed by atoms with Crippen LogP contribution >= 0.6 is 24.0 Å². The Balaban J connectivity index is 0.00000243. The van der Waals surface area contributed by atoms with Crippen molar-refractivity contribution in [3.8, 4) is 0 Å². The summed E-state index contributed by atoms with van der Waals surface area (Å²) >= 11 is 0. The first kappa shape index (κ1) is 21.4. The van der Waals surface area contributed by atoms with Crippen molar-refractivity contribution in [2.75, 3.05) is 52.5 Å². The zero-order chi connectivity index (χ0) is 17.5. The maximum absolute atomic E-state index is 13.7. The lowest BCUT2D eigenvalue weighted by Crippen LogP contribution is -2.46. The van der Waals surface area contributed by atoms with E-state index in [1.165, 1.54) is 6.07 Å². The maximum Gasteiger partial charge on any atom is 0.193 e. The zero-order valence-corrected chi connectivity index (χ0v) is 17.8. The van der Waals surface area contributed by atoms with Gasteiger partial charge in [0.1, 0.15) is 5.82 Å². The van der Waals surface area contributed by atoms with Crippen molar-refractivity contribution >= 4 is 29.9 Å². The first-order valence-electron chi connectivity index (χ1n) is 9.36. The fraction of sp³-hybridized carbons (Fsp3) is 0.632. The number of aliphatic imine (C=N–C) groups is 1. The molecule has 3 rings (SSSR count). The fourth-order valence-corrected chi connectivity index (χ4v) is 3.58. The van der Waals surface area contributed by atoms with Crippen molar-refractivity contribution in [3.05, 3.63) is 35.6 Å². The largest absolute Gasteiger partial charge is 0.379 e. The minimum absolute atomic E-state index is 0. The molecule has 1 N–H and O–H groups in total. The lowest BCUT2D eigenvalue weighted by Gasteiger charge is -2.32. The summed E-state index contributed by atoms with van der Waals surface area (Å²) in [6.45, 7) is 9.29. The summed E-state index contributed by atoms with van der Waals surface area (Å²) in [5.74, 6) is 0.811. The number of rotatable bonds is 5. The van der Waals surface area contributed by atoms with Crippen molar-refractivity contribution in [1.29, 1.82) is 0 Å². The third kappa shape index (κ3) is 5.79. The van der Waals surface area contributed by atoms with Crippen LogP contribution in [0.3, 0.4) is 0 Å². The van der Waals surface area contributed by atoms with Crippen LogP contribution in [0.15, 0.2) is 29.3 Å². The second-order valence-electron chi connectivity index (χ2n) is 6.61. The van der Waals surface area contributed by atoms with Crippen LogP contribution in [0.25, 0.3) is 0 Å². The molecule has 0 spiro atoms. The summed E-state index contributed by atoms with van der Waals surface area (Å²) in [6.07, 6.45) is 1.79. The van der Waals surface area contributed by atoms with E-state index in [4.69, 9.17) is 9.73 Å². The molecule has 2 fully saturated rings. The van der Waals surface area contributed by atoms with Gasteiger partial charge in [0.2, 0.25) is 0 Å². The second kappa shape index (κ2) is 11.0. The van der Waals surface area contributed by atoms with Crippen LogP contribution in [0.5, 0.6) is 0 Å². The number of halogens is 2. The summed E-state index contributed by atoms with van der Waals surface area (Å²) in [7, 11) is 0. The highest BCUT2D eigenvalue weighted by molar-refractivity contribution is 14.0. The SMILES string of the molecule is CCNC(=NCCc1ccccc1F)N1CCC(N2CCOCC2)C1.I. The highest BCUT2D eigenvalue weighted by Gasteiger charge is 2.30. The van der Waals surface area contributed by atoms with Crippen molar-refractivity contribution in [1.82, 2.24) is 15.1 Å². The number of benzene rings is 1. The average Bonchev–Trinajstić information content (AvgIpc) is 3.13. The molecule has 0 bridgehead atoms. The van der Waals surface area contributed by atoms with Gasteiger partial charge in [0.25, 0.3) is 0 Å². The predicted molar refractivity (Wildman–Crippen MR) is 114 cm³/mol. The quantitative estimate of drug-likeness (QED) is 0.403. The van der Waals surface area contributed by atoms with Crippen molar-refractivity contribution in [3.63, 3.8) is 0 Å². The molecule has 1 atom stereocenters. The first-order chi connectivity index (χ1) is 12.3. The normalized spacial score (nSPS) is 21.5. The number of likely N-dealkylation sites (tertiary alicyclic amines) is 1. The molecule has 0 radical (unpaired) electrons. The van der Waals surface area contributed by atoms with Gasteiger partial charge in [-0.2, -0.15) is 0 Å². The third-order valence-corrected chi connectivity index (χ3v) is 4.96. The first-order valence-corrected chi connectivity index (χ1v) is 9.36. The highest BCUT2D eigenvalue weighted by Crippen LogP contribution is 2.17. The van der Waals surface area contributed by atoms with Crippen LogP contribution in [0.1, 0.15) is 18.9 Å². The molecule has 1 aromatic rings. The average molecular weight is 476 g/mol. The maximum atomic E-state index is 13.7. The van der Waals surface area contributed by atoms with Crippen LogP contribution in [0.4, 0.5) is 4.39 Å². The van der Waals surface area contributed by atoms with E-state index in [9.17, 15) is 4.39 Å². The van der Waals surface area contributed by atoms with Crippen LogP contribution in [0.2, 0.25) is 0 Å². The summed E-state index contributed by atoms with van der Waals surface area (Å²) in [5, 5.41) is 3.39. The molecule has 26 heavy (non-hydrogen) atoms. The minimum Gasteiger partial charge on any atom is -0.379 e. The van der Waals surface area contributed by atoms with E-state index in [1.807, 2.05) is 12.1 Å². The van der Waals surface area contributed by atoms with Crippen LogP contribution in [-0.4, -0.2) is 74.3 Å². The molecule has 7 heteroatoms. The molecule has 2 aliphatic rings. The van der Waals surface area contributed by atoms with Crippen molar-refractivity contribution in [2.24, 2.45) is 4.99 Å². The Labute approximate surface area is 173 Å². The van der Waals surface area contributed by atoms with E-state index in [0.717, 1.165) is 63.9 Å². The van der Waals surface area contributed by atoms with Crippen LogP contribution in [0, 0.1) is 5.82 Å². The second-order valence-corrected chi connectivity index (χ2v) is 6.61. The fourth-order valence-electron chi connectivity index (χ4n) is 3.58. The van der Waals surface area contributed by atoms with Crippen LogP contribution < -0.4 is 5.32 Å². The van der Waals surface area contributed by atoms with Gasteiger partial charge in [-0.1, -0.05) is 18.2 Å². The number of nitrogens with zero attached hydrogens (tertiary/aromatic N) is 3. The van der Waals surface area contributed by atoms with Gasteiger partial charge in [0.15, 0.2) is 5.96 Å². The summed E-state index contributed by atoms with van der Waals surface area (Å²) in [6, 6.07) is 7.53. The van der Waals surface area contributed by atoms with Gasteiger partial charge in [-0.05, 0) is 31.4 Å². The Hall–Kier alpha value is -0.930. The minimum atomic E-state index is -0.142. The van der Waals surface area contributed by atoms with E-state index >= 15 is 0 Å². The molecule has 2 aliphatic heterocycles. The molecule has 2 saturated heterocycles. The van der Waals surface area contributed by atoms with Crippen molar-refractivity contribution < 1.29 is 9.13 Å². The highest BCUT2D eigenvalue weighted by atomic mass is 127. The number of hydrogen-bond acceptors (Lipinski definition) is 3. The molecule has 1 aromatic carbocycles. The lowest BCUT2D eigenvalue weighted by atomic mass is 10.1. The van der Waals surface area contributed by atoms with Gasteiger partial charge in [-0.3, -0.25) is 9.89 Å². The molecule has 5 nitrogen and oxygen atoms in total. The molecule has 0 aliphatic carbocycles. The number of guanidine groups is 1. The molecule has 146 valence electrons. The van der Waals surface area contributed by atoms with Gasteiger partial charge in [-0.25, -0.2) is 4.39 Å². The van der Waals surface area contributed by atoms with E-state index in [2.05, 4.69) is 22.0 Å². The van der Waals surface area contributed by atoms with Gasteiger partial charge in [0, 0.05) is 45.3 Å². The number of ether oxygens (including phenoxy) is 1. The Morgan fingerprint density at radius 3 is 2.77 bits per heavy atom. The summed E-state index contributed by atoms with van der Waals surface area (Å²) in [4.78, 5) is 9.61. The Kier molecular flexibility index (Phi) is 9.07. The predicted octanol–water partition coefficient (Wildman–Crippen LogP) is 2.36. The van der Waals surface area contributed by atoms with Gasteiger partial charge < -0.3 is 15.0 Å². The standard InChI is InChI=1S/C19H29FN4O.HI/c1-2-21-19(22-9-7-16-5-3-4-6-18(16)20)24-10-8-17(15-24)23-11-13-25-14-12-23;/h3-6,17H,2,7-15H2,1H3,(H,21,22);1H. The molecular formula is C19H30FIN4O. The summed E-state index contributed by atoms with van der Waals surface area (Å²) in [5.41, 5.74) is 0.731. The Morgan fingerprint density at radius 1 is 1.27 bits per heavy atom. The molecular weight excluding hydrogens is 446 g/mol. The molecule has 2 heterocycles. The number of hydrogen-bond donors (Lipinski definition) is 1. The monoisotopic (exact) mass is 476 g/mol. The topological polar surface area (TPSA) is 40.1 Å². The molecule has 1 unspecified atom stereocenters. The van der Waals surface area contributed by atoms with Crippen LogP contribution in [-0.2, 0) is 11.2 Å². The van der Waals surface area contributed by atoms with E-state index < -0.39 is 0 Å². The van der Waals surface area contributed by atoms with Gasteiger partial charge in [-0.15, -0.1) is 24.0 Å². The van der Waals surface area contributed by atoms with Crippen molar-refractivity contribution in [2.45, 2.75) is 25.8 Å². The Bertz CT molecular complexity index is 580. The van der Waals surface area contributed by atoms with Gasteiger partial charge in [0.05, 0.1) is 13.2 Å². The third-order valence-electron chi connectivity index (χ3n) is 4.96.